The molecule has 206 valence electrons. The maximum absolute atomic E-state index is 13.6. The van der Waals surface area contributed by atoms with Crippen LogP contribution in [-0.4, -0.2) is 48.7 Å². The second kappa shape index (κ2) is 13.2. The summed E-state index contributed by atoms with van der Waals surface area (Å²) in [6.07, 6.45) is 9.40. The van der Waals surface area contributed by atoms with E-state index in [0.717, 1.165) is 54.8 Å². The number of benzene rings is 2. The van der Waals surface area contributed by atoms with E-state index in [0.29, 0.717) is 24.1 Å². The van der Waals surface area contributed by atoms with Crippen molar-refractivity contribution in [2.24, 2.45) is 11.8 Å². The van der Waals surface area contributed by atoms with Crippen LogP contribution in [0.2, 0.25) is 0 Å². The highest BCUT2D eigenvalue weighted by atomic mass is 16.3. The van der Waals surface area contributed by atoms with Crippen LogP contribution >= 0.6 is 0 Å². The number of rotatable bonds is 15. The Kier molecular flexibility index (Phi) is 9.72. The molecule has 1 amide bonds. The third kappa shape index (κ3) is 7.53. The van der Waals surface area contributed by atoms with Crippen LogP contribution in [0.4, 0.5) is 5.69 Å². The van der Waals surface area contributed by atoms with Gasteiger partial charge in [0.2, 0.25) is 11.7 Å². The first kappa shape index (κ1) is 28.0. The molecule has 3 aromatic rings. The number of amides is 1. The Morgan fingerprint density at radius 1 is 1.11 bits per heavy atom. The molecule has 2 aromatic carbocycles. The summed E-state index contributed by atoms with van der Waals surface area (Å²) in [6, 6.07) is 10.7. The van der Waals surface area contributed by atoms with Gasteiger partial charge in [-0.1, -0.05) is 65.5 Å². The minimum absolute atomic E-state index is 0.158. The van der Waals surface area contributed by atoms with Gasteiger partial charge in [-0.3, -0.25) is 9.69 Å². The number of fused-ring (bicyclic) bond motifs is 1. The van der Waals surface area contributed by atoms with E-state index in [1.54, 1.807) is 16.9 Å². The van der Waals surface area contributed by atoms with Gasteiger partial charge in [0.25, 0.3) is 0 Å². The van der Waals surface area contributed by atoms with Crippen LogP contribution in [-0.2, 0) is 11.3 Å². The Hall–Kier alpha value is -3.00. The number of hydrogen-bond acceptors (Lipinski definition) is 6. The van der Waals surface area contributed by atoms with E-state index in [1.165, 1.54) is 25.7 Å². The predicted molar refractivity (Wildman–Crippen MR) is 152 cm³/mol. The van der Waals surface area contributed by atoms with E-state index in [1.807, 2.05) is 24.3 Å². The van der Waals surface area contributed by atoms with Gasteiger partial charge in [0.1, 0.15) is 5.75 Å². The number of aryl methyl sites for hydroxylation is 1. The summed E-state index contributed by atoms with van der Waals surface area (Å²) < 4.78 is 0. The number of carbonyl (C=O) groups is 1. The zero-order chi connectivity index (χ0) is 27.1. The van der Waals surface area contributed by atoms with Gasteiger partial charge in [0.05, 0.1) is 6.54 Å². The van der Waals surface area contributed by atoms with Gasteiger partial charge in [0, 0.05) is 11.7 Å². The topological polar surface area (TPSA) is 96.2 Å². The number of phenolic OH excluding ortho intramolecular Hbond substituents is 1. The van der Waals surface area contributed by atoms with Gasteiger partial charge in [0.15, 0.2) is 6.04 Å². The number of aromatic nitrogens is 4. The fourth-order valence-electron chi connectivity index (χ4n) is 5.60. The van der Waals surface area contributed by atoms with Crippen molar-refractivity contribution in [3.05, 3.63) is 42.2 Å². The van der Waals surface area contributed by atoms with Crippen LogP contribution in [0.5, 0.6) is 5.75 Å². The molecule has 0 aliphatic heterocycles. The van der Waals surface area contributed by atoms with Crippen LogP contribution in [0.1, 0.15) is 90.9 Å². The van der Waals surface area contributed by atoms with Gasteiger partial charge in [-0.25, -0.2) is 0 Å². The molecule has 0 saturated heterocycles. The van der Waals surface area contributed by atoms with Gasteiger partial charge < -0.3 is 10.4 Å². The first-order valence-corrected chi connectivity index (χ1v) is 14.4. The van der Waals surface area contributed by atoms with Gasteiger partial charge >= 0.3 is 0 Å². The molecule has 38 heavy (non-hydrogen) atoms. The molecule has 1 heterocycles. The number of carbonyl (C=O) groups excluding carboxylic acids is 1. The van der Waals surface area contributed by atoms with Gasteiger partial charge in [-0.05, 0) is 84.3 Å². The zero-order valence-electron chi connectivity index (χ0n) is 23.4. The van der Waals surface area contributed by atoms with Crippen molar-refractivity contribution in [2.45, 2.75) is 97.7 Å². The predicted octanol–water partition coefficient (Wildman–Crippen LogP) is 6.33. The number of tetrazole rings is 1. The second-order valence-corrected chi connectivity index (χ2v) is 11.2. The number of nitrogens with one attached hydrogen (secondary N) is 1. The molecule has 1 aliphatic carbocycles. The van der Waals surface area contributed by atoms with Crippen LogP contribution < -0.4 is 5.32 Å². The highest BCUT2D eigenvalue weighted by Crippen LogP contribution is 2.34. The number of unbranched alkanes of at least 4 members (excludes halogenated alkanes) is 1. The van der Waals surface area contributed by atoms with Crippen molar-refractivity contribution in [1.82, 2.24) is 25.1 Å². The fraction of sp³-hybridized carbons (Fsp3) is 0.600. The van der Waals surface area contributed by atoms with E-state index in [4.69, 9.17) is 0 Å². The minimum atomic E-state index is -0.596. The minimum Gasteiger partial charge on any atom is -0.508 e. The summed E-state index contributed by atoms with van der Waals surface area (Å²) in [4.78, 5) is 17.5. The maximum Gasteiger partial charge on any atom is 0.249 e. The third-order valence-electron chi connectivity index (χ3n) is 7.49. The molecule has 2 atom stereocenters. The molecule has 0 radical (unpaired) electrons. The first-order valence-electron chi connectivity index (χ1n) is 14.4. The van der Waals surface area contributed by atoms with E-state index in [9.17, 15) is 9.90 Å². The van der Waals surface area contributed by atoms with Crippen LogP contribution in [0.3, 0.4) is 0 Å². The van der Waals surface area contributed by atoms with E-state index >= 15 is 0 Å². The molecule has 8 heteroatoms. The number of phenols is 1. The Bertz CT molecular complexity index is 1190. The first-order chi connectivity index (χ1) is 18.4. The monoisotopic (exact) mass is 520 g/mol. The smallest absolute Gasteiger partial charge is 0.249 e. The number of likely N-dealkylation sites (N-methyl/N-ethyl adjacent to an activating group) is 1. The lowest BCUT2D eigenvalue weighted by molar-refractivity contribution is -0.122. The van der Waals surface area contributed by atoms with Crippen molar-refractivity contribution in [3.63, 3.8) is 0 Å². The number of nitrogens with zero attached hydrogens (tertiary/aromatic N) is 5. The normalized spacial score (nSPS) is 15.3. The number of anilines is 1. The van der Waals surface area contributed by atoms with Crippen LogP contribution in [0.15, 0.2) is 36.4 Å². The molecule has 1 fully saturated rings. The molecule has 8 nitrogen and oxygen atoms in total. The van der Waals surface area contributed by atoms with E-state index < -0.39 is 6.04 Å². The lowest BCUT2D eigenvalue weighted by atomic mass is 9.89. The summed E-state index contributed by atoms with van der Waals surface area (Å²) in [5, 5.41) is 28.1. The largest absolute Gasteiger partial charge is 0.508 e. The Labute approximate surface area is 226 Å². The van der Waals surface area contributed by atoms with Crippen molar-refractivity contribution in [3.8, 4) is 5.75 Å². The quantitative estimate of drug-likeness (QED) is 0.227. The van der Waals surface area contributed by atoms with Crippen LogP contribution in [0, 0.1) is 11.8 Å². The van der Waals surface area contributed by atoms with Crippen molar-refractivity contribution in [2.75, 3.05) is 11.9 Å². The van der Waals surface area contributed by atoms with Crippen LogP contribution in [0.25, 0.3) is 10.8 Å². The standard InChI is InChI=1S/C30H44N6O2/c1-5-9-22(18-21(3)4)10-7-8-17-36-33-29(32-34-36)28(35(6-2)26-14-15-26)30(38)31-25-13-11-23-12-16-27(37)20-24(23)19-25/h11-13,16,19-22,26,28,37H,5-10,14-15,17-18H2,1-4H3,(H,31,38). The summed E-state index contributed by atoms with van der Waals surface area (Å²) in [5.41, 5.74) is 0.681. The third-order valence-corrected chi connectivity index (χ3v) is 7.49. The molecule has 1 aliphatic rings. The molecule has 2 unspecified atom stereocenters. The summed E-state index contributed by atoms with van der Waals surface area (Å²) in [5.74, 6) is 2.03. The van der Waals surface area contributed by atoms with Crippen molar-refractivity contribution >= 4 is 22.4 Å². The van der Waals surface area contributed by atoms with E-state index in [2.05, 4.69) is 53.3 Å². The zero-order valence-corrected chi connectivity index (χ0v) is 23.4. The number of hydrogen-bond donors (Lipinski definition) is 2. The average Bonchev–Trinajstić information content (AvgIpc) is 3.62. The SMILES string of the molecule is CCCC(CCCCn1nnc(C(C(=O)Nc2ccc3ccc(O)cc3c2)N(CC)C2CC2)n1)CC(C)C. The van der Waals surface area contributed by atoms with Crippen molar-refractivity contribution in [1.29, 1.82) is 0 Å². The van der Waals surface area contributed by atoms with Gasteiger partial charge in [-0.2, -0.15) is 4.80 Å². The number of aromatic hydroxyl groups is 1. The highest BCUT2D eigenvalue weighted by Gasteiger charge is 2.39. The Balaban J connectivity index is 1.42. The maximum atomic E-state index is 13.6. The molecule has 4 rings (SSSR count). The summed E-state index contributed by atoms with van der Waals surface area (Å²) >= 11 is 0. The average molecular weight is 521 g/mol. The Morgan fingerprint density at radius 3 is 2.61 bits per heavy atom. The molecule has 0 spiro atoms. The fourth-order valence-corrected chi connectivity index (χ4v) is 5.60. The molecular weight excluding hydrogens is 476 g/mol. The molecular formula is C30H44N6O2. The van der Waals surface area contributed by atoms with Crippen molar-refractivity contribution < 1.29 is 9.90 Å². The molecule has 1 aromatic heterocycles. The highest BCUT2D eigenvalue weighted by molar-refractivity contribution is 5.97. The lowest BCUT2D eigenvalue weighted by Crippen LogP contribution is -2.39. The Morgan fingerprint density at radius 2 is 1.89 bits per heavy atom. The molecule has 2 N–H and O–H groups in total. The molecule has 0 bridgehead atoms. The van der Waals surface area contributed by atoms with E-state index in [-0.39, 0.29) is 11.7 Å². The summed E-state index contributed by atoms with van der Waals surface area (Å²) in [6.45, 7) is 10.4. The summed E-state index contributed by atoms with van der Waals surface area (Å²) in [7, 11) is 0. The second-order valence-electron chi connectivity index (χ2n) is 11.2. The molecule has 1 saturated carbocycles. The lowest BCUT2D eigenvalue weighted by Gasteiger charge is -2.27. The van der Waals surface area contributed by atoms with Gasteiger partial charge in [-0.15, -0.1) is 10.2 Å².